The molecule has 0 spiro atoms. The Labute approximate surface area is 96.6 Å². The van der Waals surface area contributed by atoms with Gasteiger partial charge in [0.25, 0.3) is 0 Å². The highest BCUT2D eigenvalue weighted by atomic mass is 19.4. The smallest absolute Gasteiger partial charge is 0.409 e. The van der Waals surface area contributed by atoms with E-state index in [1.165, 1.54) is 12.1 Å². The van der Waals surface area contributed by atoms with E-state index in [9.17, 15) is 18.0 Å². The van der Waals surface area contributed by atoms with Crippen LogP contribution >= 0.6 is 0 Å². The number of para-hydroxylation sites is 1. The molecule has 0 aromatic heterocycles. The quantitative estimate of drug-likeness (QED) is 0.831. The number of carbonyl (C=O) groups is 1. The molecule has 1 N–H and O–H groups in total. The average molecular weight is 247 g/mol. The largest absolute Gasteiger partial charge is 0.469 e. The minimum atomic E-state index is -4.51. The Bertz CT molecular complexity index is 365. The molecule has 0 radical (unpaired) electrons. The number of carbonyl (C=O) groups excluding carboxylic acids is 1. The second kappa shape index (κ2) is 5.56. The van der Waals surface area contributed by atoms with Crippen LogP contribution in [0.4, 0.5) is 18.9 Å². The predicted molar refractivity (Wildman–Crippen MR) is 56.5 cm³/mol. The standard InChI is InChI=1S/C11H12F3NO2/c1-17-10(16)7-9(11(12,13)14)15-8-5-3-2-4-6-8/h2-6,9,15H,7H2,1H3. The highest BCUT2D eigenvalue weighted by Gasteiger charge is 2.41. The Kier molecular flexibility index (Phi) is 4.37. The lowest BCUT2D eigenvalue weighted by molar-refractivity contribution is -0.159. The zero-order valence-electron chi connectivity index (χ0n) is 9.12. The summed E-state index contributed by atoms with van der Waals surface area (Å²) in [5.41, 5.74) is 0.304. The fourth-order valence-electron chi connectivity index (χ4n) is 1.23. The molecule has 1 aromatic carbocycles. The summed E-state index contributed by atoms with van der Waals surface area (Å²) in [6.45, 7) is 0. The molecule has 1 atom stereocenters. The van der Waals surface area contributed by atoms with Crippen molar-refractivity contribution < 1.29 is 22.7 Å². The van der Waals surface area contributed by atoms with Gasteiger partial charge >= 0.3 is 12.1 Å². The molecule has 6 heteroatoms. The molecule has 0 amide bonds. The van der Waals surface area contributed by atoms with Crippen molar-refractivity contribution in [1.82, 2.24) is 0 Å². The van der Waals surface area contributed by atoms with Gasteiger partial charge in [-0.25, -0.2) is 0 Å². The molecule has 1 rings (SSSR count). The van der Waals surface area contributed by atoms with Crippen molar-refractivity contribution in [2.45, 2.75) is 18.6 Å². The lowest BCUT2D eigenvalue weighted by Gasteiger charge is -2.21. The molecule has 0 saturated heterocycles. The maximum absolute atomic E-state index is 12.6. The van der Waals surface area contributed by atoms with Crippen LogP contribution < -0.4 is 5.32 Å². The summed E-state index contributed by atoms with van der Waals surface area (Å²) >= 11 is 0. The zero-order chi connectivity index (χ0) is 12.9. The van der Waals surface area contributed by atoms with Gasteiger partial charge in [-0.3, -0.25) is 4.79 Å². The lowest BCUT2D eigenvalue weighted by Crippen LogP contribution is -2.38. The molecule has 0 fully saturated rings. The molecule has 1 aromatic rings. The van der Waals surface area contributed by atoms with E-state index >= 15 is 0 Å². The fraction of sp³-hybridized carbons (Fsp3) is 0.364. The third-order valence-corrected chi connectivity index (χ3v) is 2.11. The van der Waals surface area contributed by atoms with E-state index in [2.05, 4.69) is 10.1 Å². The molecular weight excluding hydrogens is 235 g/mol. The summed E-state index contributed by atoms with van der Waals surface area (Å²) in [5.74, 6) is -0.907. The molecule has 0 heterocycles. The Hall–Kier alpha value is -1.72. The minimum absolute atomic E-state index is 0.304. The molecule has 17 heavy (non-hydrogen) atoms. The van der Waals surface area contributed by atoms with E-state index in [0.29, 0.717) is 5.69 Å². The van der Waals surface area contributed by atoms with Crippen molar-refractivity contribution in [3.63, 3.8) is 0 Å². The van der Waals surface area contributed by atoms with Gasteiger partial charge in [-0.15, -0.1) is 0 Å². The Morgan fingerprint density at radius 3 is 2.41 bits per heavy atom. The molecule has 0 bridgehead atoms. The molecule has 3 nitrogen and oxygen atoms in total. The maximum atomic E-state index is 12.6. The van der Waals surface area contributed by atoms with Crippen molar-refractivity contribution in [3.8, 4) is 0 Å². The van der Waals surface area contributed by atoms with Crippen LogP contribution in [0.5, 0.6) is 0 Å². The number of halogens is 3. The first-order valence-corrected chi connectivity index (χ1v) is 4.88. The average Bonchev–Trinajstić information content (AvgIpc) is 2.28. The van der Waals surface area contributed by atoms with Gasteiger partial charge in [-0.2, -0.15) is 13.2 Å². The van der Waals surface area contributed by atoms with Gasteiger partial charge in [0.2, 0.25) is 0 Å². The maximum Gasteiger partial charge on any atom is 0.409 e. The summed E-state index contributed by atoms with van der Waals surface area (Å²) in [7, 11) is 1.05. The number of hydrogen-bond acceptors (Lipinski definition) is 3. The van der Waals surface area contributed by atoms with Crippen LogP contribution in [0.25, 0.3) is 0 Å². The summed E-state index contributed by atoms with van der Waals surface area (Å²) in [6.07, 6.45) is -5.26. The van der Waals surface area contributed by atoms with E-state index in [4.69, 9.17) is 0 Å². The summed E-state index contributed by atoms with van der Waals surface area (Å²) in [4.78, 5) is 10.9. The molecular formula is C11H12F3NO2. The Morgan fingerprint density at radius 1 is 1.35 bits per heavy atom. The number of ether oxygens (including phenoxy) is 1. The van der Waals surface area contributed by atoms with Crippen molar-refractivity contribution >= 4 is 11.7 Å². The number of nitrogens with one attached hydrogen (secondary N) is 1. The molecule has 0 aliphatic carbocycles. The fourth-order valence-corrected chi connectivity index (χ4v) is 1.23. The van der Waals surface area contributed by atoms with Gasteiger partial charge in [0.1, 0.15) is 6.04 Å². The van der Waals surface area contributed by atoms with Gasteiger partial charge in [-0.1, -0.05) is 18.2 Å². The van der Waals surface area contributed by atoms with Crippen LogP contribution in [0.1, 0.15) is 6.42 Å². The number of esters is 1. The second-order valence-corrected chi connectivity index (χ2v) is 3.38. The Balaban J connectivity index is 2.75. The van der Waals surface area contributed by atoms with Crippen molar-refractivity contribution in [2.24, 2.45) is 0 Å². The van der Waals surface area contributed by atoms with E-state index in [1.807, 2.05) is 0 Å². The topological polar surface area (TPSA) is 38.3 Å². The first-order chi connectivity index (χ1) is 7.93. The number of hydrogen-bond donors (Lipinski definition) is 1. The number of methoxy groups -OCH3 is 1. The van der Waals surface area contributed by atoms with Gasteiger partial charge in [-0.05, 0) is 12.1 Å². The van der Waals surface area contributed by atoms with Gasteiger partial charge < -0.3 is 10.1 Å². The summed E-state index contributed by atoms with van der Waals surface area (Å²) < 4.78 is 42.1. The van der Waals surface area contributed by atoms with Crippen LogP contribution in [0.3, 0.4) is 0 Å². The van der Waals surface area contributed by atoms with E-state index in [-0.39, 0.29) is 0 Å². The zero-order valence-corrected chi connectivity index (χ0v) is 9.12. The highest BCUT2D eigenvalue weighted by Crippen LogP contribution is 2.26. The lowest BCUT2D eigenvalue weighted by atomic mass is 10.2. The molecule has 0 saturated carbocycles. The first kappa shape index (κ1) is 13.3. The third kappa shape index (κ3) is 4.34. The second-order valence-electron chi connectivity index (χ2n) is 3.38. The predicted octanol–water partition coefficient (Wildman–Crippen LogP) is 2.59. The summed E-state index contributed by atoms with van der Waals surface area (Å²) in [5, 5.41) is 2.26. The molecule has 0 aliphatic rings. The Morgan fingerprint density at radius 2 is 1.94 bits per heavy atom. The number of benzene rings is 1. The number of alkyl halides is 3. The summed E-state index contributed by atoms with van der Waals surface area (Å²) in [6, 6.07) is 5.94. The normalized spacial score (nSPS) is 12.9. The number of anilines is 1. The van der Waals surface area contributed by atoms with E-state index in [1.54, 1.807) is 18.2 Å². The first-order valence-electron chi connectivity index (χ1n) is 4.88. The van der Waals surface area contributed by atoms with Crippen molar-refractivity contribution in [1.29, 1.82) is 0 Å². The van der Waals surface area contributed by atoms with Crippen LogP contribution in [0, 0.1) is 0 Å². The minimum Gasteiger partial charge on any atom is -0.469 e. The van der Waals surface area contributed by atoms with Crippen molar-refractivity contribution in [3.05, 3.63) is 30.3 Å². The van der Waals surface area contributed by atoms with E-state index in [0.717, 1.165) is 7.11 Å². The monoisotopic (exact) mass is 247 g/mol. The van der Waals surface area contributed by atoms with Gasteiger partial charge in [0.15, 0.2) is 0 Å². The third-order valence-electron chi connectivity index (χ3n) is 2.11. The van der Waals surface area contributed by atoms with E-state index < -0.39 is 24.6 Å². The van der Waals surface area contributed by atoms with Gasteiger partial charge in [0, 0.05) is 5.69 Å². The number of rotatable bonds is 4. The SMILES string of the molecule is COC(=O)CC(Nc1ccccc1)C(F)(F)F. The molecule has 1 unspecified atom stereocenters. The van der Waals surface area contributed by atoms with Crippen LogP contribution in [-0.4, -0.2) is 25.3 Å². The van der Waals surface area contributed by atoms with Crippen LogP contribution in [0.2, 0.25) is 0 Å². The van der Waals surface area contributed by atoms with Crippen LogP contribution in [-0.2, 0) is 9.53 Å². The molecule has 94 valence electrons. The van der Waals surface area contributed by atoms with Crippen LogP contribution in [0.15, 0.2) is 30.3 Å². The molecule has 0 aliphatic heterocycles. The highest BCUT2D eigenvalue weighted by molar-refractivity contribution is 5.70. The van der Waals surface area contributed by atoms with Crippen molar-refractivity contribution in [2.75, 3.05) is 12.4 Å². The van der Waals surface area contributed by atoms with Gasteiger partial charge in [0.05, 0.1) is 13.5 Å².